The first kappa shape index (κ1) is 12.3. The van der Waals surface area contributed by atoms with Crippen molar-refractivity contribution < 1.29 is 4.79 Å². The molecule has 0 spiro atoms. The summed E-state index contributed by atoms with van der Waals surface area (Å²) < 4.78 is 0. The van der Waals surface area contributed by atoms with E-state index in [0.717, 1.165) is 29.5 Å². The van der Waals surface area contributed by atoms with Crippen molar-refractivity contribution in [3.05, 3.63) is 54.2 Å². The summed E-state index contributed by atoms with van der Waals surface area (Å²) in [5, 5.41) is 5.29. The molecule has 2 aliphatic rings. The Kier molecular flexibility index (Phi) is 2.81. The lowest BCUT2D eigenvalue weighted by atomic mass is 9.74. The third-order valence-electron chi connectivity index (χ3n) is 4.30. The number of aromatic nitrogens is 1. The molecular formula is C17H15N3O. The Morgan fingerprint density at radius 2 is 2.14 bits per heavy atom. The molecule has 104 valence electrons. The lowest BCUT2D eigenvalue weighted by molar-refractivity contribution is 0.0949. The molecule has 0 radical (unpaired) electrons. The molecule has 2 atom stereocenters. The number of rotatable bonds is 2. The fourth-order valence-electron chi connectivity index (χ4n) is 3.04. The van der Waals surface area contributed by atoms with E-state index >= 15 is 0 Å². The van der Waals surface area contributed by atoms with Gasteiger partial charge in [0, 0.05) is 17.0 Å². The fraction of sp³-hybridized carbons (Fsp3) is 0.235. The van der Waals surface area contributed by atoms with Gasteiger partial charge in [-0.3, -0.25) is 4.79 Å². The lowest BCUT2D eigenvalue weighted by Gasteiger charge is -2.31. The highest BCUT2D eigenvalue weighted by Crippen LogP contribution is 2.40. The summed E-state index contributed by atoms with van der Waals surface area (Å²) >= 11 is 0. The third kappa shape index (κ3) is 2.13. The van der Waals surface area contributed by atoms with Gasteiger partial charge in [0.2, 0.25) is 0 Å². The van der Waals surface area contributed by atoms with Crippen molar-refractivity contribution in [2.24, 2.45) is 16.9 Å². The van der Waals surface area contributed by atoms with E-state index in [-0.39, 0.29) is 5.91 Å². The molecule has 1 fully saturated rings. The molecule has 0 aliphatic heterocycles. The Morgan fingerprint density at radius 1 is 1.24 bits per heavy atom. The minimum Gasteiger partial charge on any atom is -0.266 e. The first-order valence-electron chi connectivity index (χ1n) is 7.20. The molecule has 21 heavy (non-hydrogen) atoms. The fourth-order valence-corrected chi connectivity index (χ4v) is 3.04. The molecule has 2 aromatic rings. The number of nitrogens with one attached hydrogen (secondary N) is 1. The smallest absolute Gasteiger partial charge is 0.266 e. The summed E-state index contributed by atoms with van der Waals surface area (Å²) in [7, 11) is 0. The lowest BCUT2D eigenvalue weighted by Crippen LogP contribution is -2.35. The maximum atomic E-state index is 12.1. The van der Waals surface area contributed by atoms with Crippen molar-refractivity contribution in [2.45, 2.75) is 12.8 Å². The van der Waals surface area contributed by atoms with Gasteiger partial charge in [-0.15, -0.1) is 0 Å². The average molecular weight is 277 g/mol. The molecule has 1 heterocycles. The van der Waals surface area contributed by atoms with Crippen LogP contribution in [0.2, 0.25) is 0 Å². The zero-order chi connectivity index (χ0) is 14.2. The van der Waals surface area contributed by atoms with Gasteiger partial charge in [0.05, 0.1) is 5.52 Å². The van der Waals surface area contributed by atoms with E-state index in [0.29, 0.717) is 17.5 Å². The second kappa shape index (κ2) is 4.81. The Labute approximate surface area is 122 Å². The summed E-state index contributed by atoms with van der Waals surface area (Å²) in [4.78, 5) is 16.5. The second-order valence-corrected chi connectivity index (χ2v) is 5.57. The molecule has 1 aromatic carbocycles. The molecule has 0 unspecified atom stereocenters. The van der Waals surface area contributed by atoms with E-state index in [4.69, 9.17) is 0 Å². The van der Waals surface area contributed by atoms with Crippen LogP contribution in [0.1, 0.15) is 23.3 Å². The monoisotopic (exact) mass is 277 g/mol. The zero-order valence-electron chi connectivity index (χ0n) is 11.5. The number of fused-ring (bicyclic) bond motifs is 2. The van der Waals surface area contributed by atoms with Crippen LogP contribution in [0.4, 0.5) is 0 Å². The van der Waals surface area contributed by atoms with Crippen molar-refractivity contribution in [2.75, 3.05) is 0 Å². The van der Waals surface area contributed by atoms with Crippen LogP contribution >= 0.6 is 0 Å². The molecule has 0 saturated heterocycles. The predicted octanol–water partition coefficient (Wildman–Crippen LogP) is 2.92. The van der Waals surface area contributed by atoms with Crippen molar-refractivity contribution >= 4 is 22.5 Å². The number of allylic oxidation sites excluding steroid dienone is 2. The maximum Gasteiger partial charge on any atom is 0.289 e. The van der Waals surface area contributed by atoms with Gasteiger partial charge in [-0.05, 0) is 30.9 Å². The van der Waals surface area contributed by atoms with Gasteiger partial charge in [-0.2, -0.15) is 5.10 Å². The topological polar surface area (TPSA) is 54.4 Å². The van der Waals surface area contributed by atoms with Crippen LogP contribution in [-0.4, -0.2) is 16.6 Å². The highest BCUT2D eigenvalue weighted by atomic mass is 16.2. The number of hydrogen-bond donors (Lipinski definition) is 1. The molecule has 1 amide bonds. The quantitative estimate of drug-likeness (QED) is 0.678. The van der Waals surface area contributed by atoms with Gasteiger partial charge >= 0.3 is 0 Å². The SMILES string of the molecule is O=C(N/N=C1\C[C@H]2C=CC[C@@H]12)c1ccc2ccccc2n1. The van der Waals surface area contributed by atoms with Gasteiger partial charge < -0.3 is 0 Å². The Morgan fingerprint density at radius 3 is 3.05 bits per heavy atom. The predicted molar refractivity (Wildman–Crippen MR) is 82.0 cm³/mol. The van der Waals surface area contributed by atoms with E-state index in [1.165, 1.54) is 0 Å². The Bertz CT molecular complexity index is 778. The van der Waals surface area contributed by atoms with Crippen LogP contribution in [0.5, 0.6) is 0 Å². The first-order valence-corrected chi connectivity index (χ1v) is 7.20. The number of pyridine rings is 1. The van der Waals surface area contributed by atoms with Gasteiger partial charge in [-0.25, -0.2) is 10.4 Å². The van der Waals surface area contributed by atoms with Crippen LogP contribution in [0.3, 0.4) is 0 Å². The molecule has 1 saturated carbocycles. The highest BCUT2D eigenvalue weighted by molar-refractivity contribution is 5.98. The third-order valence-corrected chi connectivity index (χ3v) is 4.30. The van der Waals surface area contributed by atoms with E-state index in [2.05, 4.69) is 27.7 Å². The normalized spacial score (nSPS) is 24.9. The number of carbonyl (C=O) groups is 1. The standard InChI is InChI=1S/C17H15N3O/c21-17(20-19-16-10-12-5-3-6-13(12)16)15-9-8-11-4-1-2-7-14(11)18-15/h1-5,7-9,12-13H,6,10H2,(H,20,21)/b19-16+/t12-,13-/m1/s1. The summed E-state index contributed by atoms with van der Waals surface area (Å²) in [5.41, 5.74) is 4.96. The molecule has 0 bridgehead atoms. The van der Waals surface area contributed by atoms with Crippen molar-refractivity contribution in [3.63, 3.8) is 0 Å². The highest BCUT2D eigenvalue weighted by Gasteiger charge is 2.38. The molecule has 2 aliphatic carbocycles. The van der Waals surface area contributed by atoms with Crippen molar-refractivity contribution in [1.29, 1.82) is 0 Å². The number of hydrazone groups is 1. The summed E-state index contributed by atoms with van der Waals surface area (Å²) in [6, 6.07) is 11.4. The van der Waals surface area contributed by atoms with E-state index < -0.39 is 0 Å². The van der Waals surface area contributed by atoms with Gasteiger partial charge in [-0.1, -0.05) is 36.4 Å². The van der Waals surface area contributed by atoms with Crippen LogP contribution in [0.25, 0.3) is 10.9 Å². The minimum atomic E-state index is -0.248. The van der Waals surface area contributed by atoms with Gasteiger partial charge in [0.25, 0.3) is 5.91 Å². The van der Waals surface area contributed by atoms with Crippen LogP contribution in [-0.2, 0) is 0 Å². The number of amides is 1. The maximum absolute atomic E-state index is 12.1. The summed E-state index contributed by atoms with van der Waals surface area (Å²) in [6.45, 7) is 0. The number of nitrogens with zero attached hydrogens (tertiary/aromatic N) is 2. The first-order chi connectivity index (χ1) is 10.3. The Balaban J connectivity index is 1.50. The number of hydrogen-bond acceptors (Lipinski definition) is 3. The van der Waals surface area contributed by atoms with Gasteiger partial charge in [0.1, 0.15) is 5.69 Å². The number of benzene rings is 1. The van der Waals surface area contributed by atoms with Gasteiger partial charge in [0.15, 0.2) is 0 Å². The van der Waals surface area contributed by atoms with E-state index in [1.54, 1.807) is 6.07 Å². The number of para-hydroxylation sites is 1. The second-order valence-electron chi connectivity index (χ2n) is 5.57. The molecule has 4 rings (SSSR count). The zero-order valence-corrected chi connectivity index (χ0v) is 11.5. The van der Waals surface area contributed by atoms with E-state index in [9.17, 15) is 4.79 Å². The molecule has 4 nitrogen and oxygen atoms in total. The van der Waals surface area contributed by atoms with Crippen LogP contribution < -0.4 is 5.43 Å². The van der Waals surface area contributed by atoms with Crippen LogP contribution in [0, 0.1) is 11.8 Å². The average Bonchev–Trinajstić information content (AvgIpc) is 2.88. The van der Waals surface area contributed by atoms with Crippen LogP contribution in [0.15, 0.2) is 53.7 Å². The van der Waals surface area contributed by atoms with E-state index in [1.807, 2.05) is 30.3 Å². The summed E-state index contributed by atoms with van der Waals surface area (Å²) in [5.74, 6) is 0.900. The molecule has 4 heteroatoms. The minimum absolute atomic E-state index is 0.248. The number of carbonyl (C=O) groups excluding carboxylic acids is 1. The molecule has 1 aromatic heterocycles. The van der Waals surface area contributed by atoms with Crippen molar-refractivity contribution in [1.82, 2.24) is 10.4 Å². The summed E-state index contributed by atoms with van der Waals surface area (Å²) in [6.07, 6.45) is 6.46. The van der Waals surface area contributed by atoms with Crippen molar-refractivity contribution in [3.8, 4) is 0 Å². The largest absolute Gasteiger partial charge is 0.289 e. The Hall–Kier alpha value is -2.49. The molecular weight excluding hydrogens is 262 g/mol. The molecule has 1 N–H and O–H groups in total.